The van der Waals surface area contributed by atoms with Gasteiger partial charge in [0.05, 0.1) is 18.5 Å². The molecule has 0 aromatic carbocycles. The van der Waals surface area contributed by atoms with E-state index in [2.05, 4.69) is 37.9 Å². The Morgan fingerprint density at radius 3 is 2.81 bits per heavy atom. The van der Waals surface area contributed by atoms with Gasteiger partial charge in [0.15, 0.2) is 5.65 Å². The van der Waals surface area contributed by atoms with Crippen LogP contribution in [0.1, 0.15) is 12.6 Å². The van der Waals surface area contributed by atoms with Crippen LogP contribution >= 0.6 is 15.9 Å². The normalized spacial score (nSPS) is 11.2. The van der Waals surface area contributed by atoms with Gasteiger partial charge in [-0.3, -0.25) is 4.98 Å². The van der Waals surface area contributed by atoms with E-state index in [1.165, 1.54) is 0 Å². The molecule has 3 heterocycles. The Labute approximate surface area is 131 Å². The number of aromatic nitrogens is 4. The minimum absolute atomic E-state index is 0.471. The van der Waals surface area contributed by atoms with E-state index in [1.807, 2.05) is 29.2 Å². The lowest BCUT2D eigenvalue weighted by atomic mass is 10.0. The summed E-state index contributed by atoms with van der Waals surface area (Å²) in [7, 11) is 1.67. The number of rotatable bonds is 4. The van der Waals surface area contributed by atoms with Gasteiger partial charge in [0.1, 0.15) is 0 Å². The van der Waals surface area contributed by atoms with E-state index in [9.17, 15) is 0 Å². The van der Waals surface area contributed by atoms with Crippen molar-refractivity contribution in [3.8, 4) is 11.1 Å². The van der Waals surface area contributed by atoms with Gasteiger partial charge in [0.25, 0.3) is 0 Å². The zero-order valence-corrected chi connectivity index (χ0v) is 13.5. The van der Waals surface area contributed by atoms with Gasteiger partial charge in [0, 0.05) is 41.5 Å². The lowest BCUT2D eigenvalue weighted by Crippen LogP contribution is -2.01. The van der Waals surface area contributed by atoms with Crippen molar-refractivity contribution in [1.82, 2.24) is 19.7 Å². The van der Waals surface area contributed by atoms with E-state index in [0.29, 0.717) is 6.61 Å². The molecule has 6 heteroatoms. The van der Waals surface area contributed by atoms with Crippen molar-refractivity contribution in [3.63, 3.8) is 0 Å². The molecular formula is C15H15BrN4O. The lowest BCUT2D eigenvalue weighted by Gasteiger charge is -2.08. The van der Waals surface area contributed by atoms with Crippen molar-refractivity contribution in [1.29, 1.82) is 0 Å². The van der Waals surface area contributed by atoms with E-state index in [-0.39, 0.29) is 0 Å². The molecule has 3 rings (SSSR count). The number of aryl methyl sites for hydroxylation is 1. The fraction of sp³-hybridized carbons (Fsp3) is 0.267. The van der Waals surface area contributed by atoms with Crippen molar-refractivity contribution in [2.45, 2.75) is 20.1 Å². The summed E-state index contributed by atoms with van der Waals surface area (Å²) in [5, 5.41) is 5.43. The Kier molecular flexibility index (Phi) is 3.98. The van der Waals surface area contributed by atoms with E-state index in [1.54, 1.807) is 13.3 Å². The summed E-state index contributed by atoms with van der Waals surface area (Å²) >= 11 is 3.47. The number of pyridine rings is 2. The van der Waals surface area contributed by atoms with Gasteiger partial charge in [-0.2, -0.15) is 5.10 Å². The average molecular weight is 347 g/mol. The fourth-order valence-corrected chi connectivity index (χ4v) is 2.72. The molecule has 0 unspecified atom stereocenters. The highest BCUT2D eigenvalue weighted by Gasteiger charge is 2.12. The molecule has 21 heavy (non-hydrogen) atoms. The molecule has 0 saturated heterocycles. The summed E-state index contributed by atoms with van der Waals surface area (Å²) in [5.41, 5.74) is 3.86. The minimum Gasteiger partial charge on any atom is -0.378 e. The van der Waals surface area contributed by atoms with E-state index < -0.39 is 0 Å². The highest BCUT2D eigenvalue weighted by Crippen LogP contribution is 2.29. The second kappa shape index (κ2) is 5.91. The first-order chi connectivity index (χ1) is 10.2. The molecule has 0 saturated carbocycles. The average Bonchev–Trinajstić information content (AvgIpc) is 2.90. The SMILES string of the molecule is CCn1ncc2c(-c3cncc(Br)c3)cc(COC)nc21. The maximum Gasteiger partial charge on any atom is 0.158 e. The Morgan fingerprint density at radius 2 is 2.10 bits per heavy atom. The molecule has 0 radical (unpaired) electrons. The molecular weight excluding hydrogens is 332 g/mol. The Hall–Kier alpha value is -1.79. The van der Waals surface area contributed by atoms with Gasteiger partial charge in [0.2, 0.25) is 0 Å². The number of methoxy groups -OCH3 is 1. The quantitative estimate of drug-likeness (QED) is 0.726. The maximum atomic E-state index is 5.22. The van der Waals surface area contributed by atoms with Crippen molar-refractivity contribution >= 4 is 27.0 Å². The van der Waals surface area contributed by atoms with Gasteiger partial charge < -0.3 is 4.74 Å². The number of hydrogen-bond acceptors (Lipinski definition) is 4. The Morgan fingerprint density at radius 1 is 1.24 bits per heavy atom. The van der Waals surface area contributed by atoms with Gasteiger partial charge in [-0.15, -0.1) is 0 Å². The monoisotopic (exact) mass is 346 g/mol. The van der Waals surface area contributed by atoms with Crippen LogP contribution in [0, 0.1) is 0 Å². The third kappa shape index (κ3) is 2.69. The molecule has 0 amide bonds. The lowest BCUT2D eigenvalue weighted by molar-refractivity contribution is 0.182. The summed E-state index contributed by atoms with van der Waals surface area (Å²) in [6.07, 6.45) is 5.48. The number of fused-ring (bicyclic) bond motifs is 1. The zero-order valence-electron chi connectivity index (χ0n) is 11.9. The Bertz CT molecular complexity index is 784. The molecule has 0 atom stereocenters. The minimum atomic E-state index is 0.471. The predicted molar refractivity (Wildman–Crippen MR) is 84.8 cm³/mol. The molecule has 0 fully saturated rings. The second-order valence-electron chi connectivity index (χ2n) is 4.68. The second-order valence-corrected chi connectivity index (χ2v) is 5.60. The number of halogens is 1. The van der Waals surface area contributed by atoms with Crippen LogP contribution in [0.25, 0.3) is 22.2 Å². The third-order valence-corrected chi connectivity index (χ3v) is 3.70. The zero-order chi connectivity index (χ0) is 14.8. The molecule has 3 aromatic heterocycles. The molecule has 0 aliphatic heterocycles. The van der Waals surface area contributed by atoms with Gasteiger partial charge >= 0.3 is 0 Å². The van der Waals surface area contributed by atoms with Crippen LogP contribution in [0.15, 0.2) is 35.2 Å². The predicted octanol–water partition coefficient (Wildman–Crippen LogP) is 3.42. The molecule has 108 valence electrons. The first-order valence-electron chi connectivity index (χ1n) is 6.68. The Balaban J connectivity index is 2.27. The van der Waals surface area contributed by atoms with Gasteiger partial charge in [-0.05, 0) is 40.5 Å². The van der Waals surface area contributed by atoms with Crippen molar-refractivity contribution < 1.29 is 4.74 Å². The number of ether oxygens (including phenoxy) is 1. The molecule has 0 spiro atoms. The largest absolute Gasteiger partial charge is 0.378 e. The van der Waals surface area contributed by atoms with Crippen molar-refractivity contribution in [3.05, 3.63) is 40.9 Å². The van der Waals surface area contributed by atoms with Crippen molar-refractivity contribution in [2.75, 3.05) is 7.11 Å². The third-order valence-electron chi connectivity index (χ3n) is 3.27. The molecule has 0 aliphatic carbocycles. The van der Waals surface area contributed by atoms with E-state index in [0.717, 1.165) is 38.9 Å². The first kappa shape index (κ1) is 14.2. The molecule has 5 nitrogen and oxygen atoms in total. The highest BCUT2D eigenvalue weighted by atomic mass is 79.9. The molecule has 0 N–H and O–H groups in total. The maximum absolute atomic E-state index is 5.22. The fourth-order valence-electron chi connectivity index (χ4n) is 2.35. The standard InChI is InChI=1S/C15H15BrN4O/c1-3-20-15-14(8-18-20)13(5-12(19-15)9-21-2)10-4-11(16)7-17-6-10/h4-8H,3,9H2,1-2H3. The number of hydrogen-bond donors (Lipinski definition) is 0. The van der Waals surface area contributed by atoms with Crippen LogP contribution in [0.2, 0.25) is 0 Å². The highest BCUT2D eigenvalue weighted by molar-refractivity contribution is 9.10. The summed E-state index contributed by atoms with van der Waals surface area (Å²) in [4.78, 5) is 8.89. The summed E-state index contributed by atoms with van der Waals surface area (Å²) in [6.45, 7) is 3.31. The summed E-state index contributed by atoms with van der Waals surface area (Å²) in [5.74, 6) is 0. The van der Waals surface area contributed by atoms with Gasteiger partial charge in [-0.1, -0.05) is 0 Å². The van der Waals surface area contributed by atoms with Crippen LogP contribution in [0.3, 0.4) is 0 Å². The van der Waals surface area contributed by atoms with Gasteiger partial charge in [-0.25, -0.2) is 9.67 Å². The van der Waals surface area contributed by atoms with Crippen molar-refractivity contribution in [2.24, 2.45) is 0 Å². The van der Waals surface area contributed by atoms with E-state index >= 15 is 0 Å². The molecule has 3 aromatic rings. The summed E-state index contributed by atoms with van der Waals surface area (Å²) in [6, 6.07) is 4.08. The van der Waals surface area contributed by atoms with E-state index in [4.69, 9.17) is 4.74 Å². The molecule has 0 aliphatic rings. The van der Waals surface area contributed by atoms with Crippen LogP contribution in [0.4, 0.5) is 0 Å². The topological polar surface area (TPSA) is 52.8 Å². The smallest absolute Gasteiger partial charge is 0.158 e. The van der Waals surface area contributed by atoms with Crippen LogP contribution in [0.5, 0.6) is 0 Å². The summed E-state index contributed by atoms with van der Waals surface area (Å²) < 4.78 is 8.06. The van der Waals surface area contributed by atoms with Crippen LogP contribution in [-0.4, -0.2) is 26.9 Å². The molecule has 0 bridgehead atoms. The van der Waals surface area contributed by atoms with Crippen LogP contribution in [-0.2, 0) is 17.9 Å². The van der Waals surface area contributed by atoms with Crippen LogP contribution < -0.4 is 0 Å². The first-order valence-corrected chi connectivity index (χ1v) is 7.47. The number of nitrogens with zero attached hydrogens (tertiary/aromatic N) is 4.